The Balaban J connectivity index is 1.57. The molecule has 172 valence electrons. The normalized spacial score (nSPS) is 17.5. The summed E-state index contributed by atoms with van der Waals surface area (Å²) >= 11 is 0. The zero-order valence-corrected chi connectivity index (χ0v) is 18.1. The van der Waals surface area contributed by atoms with E-state index < -0.39 is 17.9 Å². The monoisotopic (exact) mass is 444 g/mol. The van der Waals surface area contributed by atoms with Crippen molar-refractivity contribution < 1.29 is 18.4 Å². The summed E-state index contributed by atoms with van der Waals surface area (Å²) in [6.45, 7) is 2.59. The van der Waals surface area contributed by atoms with Crippen molar-refractivity contribution in [2.45, 2.75) is 31.2 Å². The number of primary amides is 2. The molecule has 0 aromatic heterocycles. The van der Waals surface area contributed by atoms with Gasteiger partial charge in [-0.2, -0.15) is 0 Å². The molecule has 32 heavy (non-hydrogen) atoms. The van der Waals surface area contributed by atoms with Crippen molar-refractivity contribution in [1.82, 2.24) is 9.80 Å². The molecule has 1 heterocycles. The molecule has 0 radical (unpaired) electrons. The average Bonchev–Trinajstić information content (AvgIpc) is 2.76. The second-order valence-corrected chi connectivity index (χ2v) is 8.31. The number of carbonyl (C=O) groups is 2. The summed E-state index contributed by atoms with van der Waals surface area (Å²) < 4.78 is 26.8. The van der Waals surface area contributed by atoms with Crippen LogP contribution in [-0.4, -0.2) is 60.4 Å². The van der Waals surface area contributed by atoms with Crippen LogP contribution in [0.4, 0.5) is 8.78 Å². The van der Waals surface area contributed by atoms with Crippen molar-refractivity contribution in [3.63, 3.8) is 0 Å². The lowest BCUT2D eigenvalue weighted by Crippen LogP contribution is -2.59. The first-order valence-electron chi connectivity index (χ1n) is 10.9. The lowest BCUT2D eigenvalue weighted by Gasteiger charge is -2.39. The highest BCUT2D eigenvalue weighted by Crippen LogP contribution is 2.30. The van der Waals surface area contributed by atoms with Gasteiger partial charge in [0.15, 0.2) is 0 Å². The van der Waals surface area contributed by atoms with Crippen LogP contribution in [-0.2, 0) is 9.59 Å². The van der Waals surface area contributed by atoms with Crippen LogP contribution in [0.15, 0.2) is 48.5 Å². The van der Waals surface area contributed by atoms with E-state index in [1.54, 1.807) is 29.2 Å². The Bertz CT molecular complexity index is 860. The summed E-state index contributed by atoms with van der Waals surface area (Å²) in [5, 5.41) is 0. The highest BCUT2D eigenvalue weighted by atomic mass is 19.1. The van der Waals surface area contributed by atoms with Gasteiger partial charge in [0, 0.05) is 25.6 Å². The predicted molar refractivity (Wildman–Crippen MR) is 119 cm³/mol. The molecule has 4 N–H and O–H groups in total. The standard InChI is InChI=1S/C24H30F2N4O2/c25-19-8-4-17(5-9-19)21(18-6-10-20(26)11-7-18)3-1-2-12-29-13-14-30(16-23(27)31)22(15-29)24(28)32/h4-11,21-22H,1-3,12-16H2,(H2,27,31)(H2,28,32). The maximum Gasteiger partial charge on any atom is 0.236 e. The number of carbonyl (C=O) groups excluding carboxylic acids is 2. The highest BCUT2D eigenvalue weighted by Gasteiger charge is 2.31. The van der Waals surface area contributed by atoms with Crippen molar-refractivity contribution in [2.24, 2.45) is 11.5 Å². The van der Waals surface area contributed by atoms with Crippen molar-refractivity contribution >= 4 is 11.8 Å². The molecular weight excluding hydrogens is 414 g/mol. The fraction of sp³-hybridized carbons (Fsp3) is 0.417. The molecule has 0 aliphatic carbocycles. The van der Waals surface area contributed by atoms with Crippen LogP contribution in [0.3, 0.4) is 0 Å². The first kappa shape index (κ1) is 23.8. The molecule has 2 aromatic rings. The van der Waals surface area contributed by atoms with E-state index in [4.69, 9.17) is 11.5 Å². The average molecular weight is 445 g/mol. The smallest absolute Gasteiger partial charge is 0.236 e. The van der Waals surface area contributed by atoms with Gasteiger partial charge in [0.2, 0.25) is 11.8 Å². The van der Waals surface area contributed by atoms with Crippen LogP contribution in [0.1, 0.15) is 36.3 Å². The Morgan fingerprint density at radius 3 is 1.97 bits per heavy atom. The maximum atomic E-state index is 13.4. The van der Waals surface area contributed by atoms with Gasteiger partial charge in [0.05, 0.1) is 6.54 Å². The van der Waals surface area contributed by atoms with Crippen molar-refractivity contribution in [2.75, 3.05) is 32.7 Å². The van der Waals surface area contributed by atoms with Crippen molar-refractivity contribution in [3.8, 4) is 0 Å². The molecule has 0 saturated carbocycles. The second-order valence-electron chi connectivity index (χ2n) is 8.31. The lowest BCUT2D eigenvalue weighted by molar-refractivity contribution is -0.128. The van der Waals surface area contributed by atoms with E-state index in [0.717, 1.165) is 43.5 Å². The molecule has 6 nitrogen and oxygen atoms in total. The number of benzene rings is 2. The van der Waals surface area contributed by atoms with Gasteiger partial charge in [-0.25, -0.2) is 8.78 Å². The Morgan fingerprint density at radius 1 is 0.906 bits per heavy atom. The number of unbranched alkanes of at least 4 members (excludes halogenated alkanes) is 1. The number of hydrogen-bond donors (Lipinski definition) is 2. The maximum absolute atomic E-state index is 13.4. The number of piperazine rings is 1. The first-order chi connectivity index (χ1) is 15.3. The van der Waals surface area contributed by atoms with Crippen molar-refractivity contribution in [3.05, 3.63) is 71.3 Å². The van der Waals surface area contributed by atoms with E-state index in [0.29, 0.717) is 13.1 Å². The van der Waals surface area contributed by atoms with Gasteiger partial charge in [0.1, 0.15) is 17.7 Å². The molecule has 1 unspecified atom stereocenters. The minimum absolute atomic E-state index is 0.0263. The largest absolute Gasteiger partial charge is 0.369 e. The van der Waals surface area contributed by atoms with Gasteiger partial charge in [-0.05, 0) is 54.8 Å². The number of rotatable bonds is 10. The molecule has 1 atom stereocenters. The number of nitrogens with two attached hydrogens (primary N) is 2. The van der Waals surface area contributed by atoms with Gasteiger partial charge in [-0.3, -0.25) is 19.4 Å². The van der Waals surface area contributed by atoms with E-state index in [9.17, 15) is 18.4 Å². The second kappa shape index (κ2) is 11.2. The molecule has 2 aromatic carbocycles. The predicted octanol–water partition coefficient (Wildman–Crippen LogP) is 2.22. The van der Waals surface area contributed by atoms with Gasteiger partial charge >= 0.3 is 0 Å². The van der Waals surface area contributed by atoms with Gasteiger partial charge in [-0.1, -0.05) is 30.7 Å². The Morgan fingerprint density at radius 2 is 1.47 bits per heavy atom. The zero-order valence-electron chi connectivity index (χ0n) is 18.1. The number of amides is 2. The van der Waals surface area contributed by atoms with Crippen LogP contribution < -0.4 is 11.5 Å². The molecule has 1 saturated heterocycles. The summed E-state index contributed by atoms with van der Waals surface area (Å²) in [5.41, 5.74) is 12.8. The van der Waals surface area contributed by atoms with Crippen LogP contribution in [0.25, 0.3) is 0 Å². The minimum atomic E-state index is -0.526. The van der Waals surface area contributed by atoms with E-state index >= 15 is 0 Å². The molecule has 3 rings (SSSR count). The quantitative estimate of drug-likeness (QED) is 0.550. The van der Waals surface area contributed by atoms with Gasteiger partial charge < -0.3 is 11.5 Å². The topological polar surface area (TPSA) is 92.7 Å². The van der Waals surface area contributed by atoms with Gasteiger partial charge in [-0.15, -0.1) is 0 Å². The van der Waals surface area contributed by atoms with Crippen molar-refractivity contribution in [1.29, 1.82) is 0 Å². The van der Waals surface area contributed by atoms with E-state index in [1.165, 1.54) is 24.3 Å². The summed E-state index contributed by atoms with van der Waals surface area (Å²) in [6, 6.07) is 12.4. The molecule has 8 heteroatoms. The van der Waals surface area contributed by atoms with Crippen LogP contribution >= 0.6 is 0 Å². The number of hydrogen-bond acceptors (Lipinski definition) is 4. The van der Waals surface area contributed by atoms with E-state index in [2.05, 4.69) is 4.90 Å². The third-order valence-electron chi connectivity index (χ3n) is 6.02. The SMILES string of the molecule is NC(=O)CN1CCN(CCCCC(c2ccc(F)cc2)c2ccc(F)cc2)CC1C(N)=O. The Labute approximate surface area is 187 Å². The Hall–Kier alpha value is -2.84. The number of nitrogens with zero attached hydrogens (tertiary/aromatic N) is 2. The highest BCUT2D eigenvalue weighted by molar-refractivity contribution is 5.82. The van der Waals surface area contributed by atoms with E-state index in [1.807, 2.05) is 0 Å². The molecule has 1 aliphatic rings. The summed E-state index contributed by atoms with van der Waals surface area (Å²) in [4.78, 5) is 27.0. The molecular formula is C24H30F2N4O2. The summed E-state index contributed by atoms with van der Waals surface area (Å²) in [6.07, 6.45) is 2.64. The first-order valence-corrected chi connectivity index (χ1v) is 10.9. The van der Waals surface area contributed by atoms with Crippen LogP contribution in [0.2, 0.25) is 0 Å². The van der Waals surface area contributed by atoms with Gasteiger partial charge in [0.25, 0.3) is 0 Å². The zero-order chi connectivity index (χ0) is 23.1. The molecule has 2 amide bonds. The Kier molecular flexibility index (Phi) is 8.30. The third kappa shape index (κ3) is 6.58. The fourth-order valence-electron chi connectivity index (χ4n) is 4.34. The lowest BCUT2D eigenvalue weighted by atomic mass is 9.87. The third-order valence-corrected chi connectivity index (χ3v) is 6.02. The summed E-state index contributed by atoms with van der Waals surface area (Å²) in [5.74, 6) is -1.46. The molecule has 1 aliphatic heterocycles. The molecule has 1 fully saturated rings. The minimum Gasteiger partial charge on any atom is -0.369 e. The molecule has 0 spiro atoms. The number of halogens is 2. The fourth-order valence-corrected chi connectivity index (χ4v) is 4.34. The van der Waals surface area contributed by atoms with Crippen LogP contribution in [0, 0.1) is 11.6 Å². The van der Waals surface area contributed by atoms with Crippen LogP contribution in [0.5, 0.6) is 0 Å². The summed E-state index contributed by atoms with van der Waals surface area (Å²) in [7, 11) is 0. The molecule has 0 bridgehead atoms. The van der Waals surface area contributed by atoms with E-state index in [-0.39, 0.29) is 24.1 Å².